The lowest BCUT2D eigenvalue weighted by atomic mass is 9.94. The second-order valence-electron chi connectivity index (χ2n) is 12.0. The molecule has 2 aliphatic carbocycles. The van der Waals surface area contributed by atoms with Gasteiger partial charge in [0.1, 0.15) is 30.2 Å². The lowest BCUT2D eigenvalue weighted by molar-refractivity contribution is -0.263. The number of rotatable bonds is 8. The predicted molar refractivity (Wildman–Crippen MR) is 137 cm³/mol. The number of fused-ring (bicyclic) bond motifs is 1. The van der Waals surface area contributed by atoms with E-state index in [4.69, 9.17) is 33.2 Å². The maximum atomic E-state index is 6.64. The monoisotopic (exact) mass is 516 g/mol. The van der Waals surface area contributed by atoms with E-state index in [9.17, 15) is 0 Å². The van der Waals surface area contributed by atoms with Gasteiger partial charge < -0.3 is 33.2 Å². The largest absolute Gasteiger partial charge is 0.494 e. The molecule has 1 aromatic rings. The number of hydrogen-bond donors (Lipinski definition) is 0. The van der Waals surface area contributed by atoms with Crippen LogP contribution in [0.5, 0.6) is 5.75 Å². The molecule has 2 spiro atoms. The van der Waals surface area contributed by atoms with Gasteiger partial charge in [-0.3, -0.25) is 0 Å². The van der Waals surface area contributed by atoms with Gasteiger partial charge in [-0.15, -0.1) is 0 Å². The van der Waals surface area contributed by atoms with Crippen molar-refractivity contribution in [2.75, 3.05) is 13.2 Å². The first-order valence-corrected chi connectivity index (χ1v) is 14.7. The van der Waals surface area contributed by atoms with Crippen molar-refractivity contribution in [1.29, 1.82) is 0 Å². The van der Waals surface area contributed by atoms with Crippen LogP contribution < -0.4 is 4.74 Å². The summed E-state index contributed by atoms with van der Waals surface area (Å²) in [6.07, 6.45) is 10.4. The Balaban J connectivity index is 1.12. The van der Waals surface area contributed by atoms with Gasteiger partial charge in [0.25, 0.3) is 0 Å². The van der Waals surface area contributed by atoms with Crippen LogP contribution in [0.25, 0.3) is 0 Å². The highest BCUT2D eigenvalue weighted by Crippen LogP contribution is 2.48. The lowest BCUT2D eigenvalue weighted by Crippen LogP contribution is -2.45. The summed E-state index contributed by atoms with van der Waals surface area (Å²) in [5.41, 5.74) is 1.09. The highest BCUT2D eigenvalue weighted by atomic mass is 16.9. The van der Waals surface area contributed by atoms with Crippen LogP contribution >= 0.6 is 0 Å². The van der Waals surface area contributed by atoms with Crippen LogP contribution in [0.4, 0.5) is 0 Å². The number of ether oxygens (including phenoxy) is 7. The summed E-state index contributed by atoms with van der Waals surface area (Å²) in [5, 5.41) is 0. The van der Waals surface area contributed by atoms with Crippen molar-refractivity contribution >= 4 is 0 Å². The summed E-state index contributed by atoms with van der Waals surface area (Å²) in [4.78, 5) is 0. The van der Waals surface area contributed by atoms with Gasteiger partial charge in [-0.25, -0.2) is 0 Å². The van der Waals surface area contributed by atoms with Crippen molar-refractivity contribution < 1.29 is 33.2 Å². The van der Waals surface area contributed by atoms with E-state index in [0.29, 0.717) is 19.1 Å². The Kier molecular flexibility index (Phi) is 7.81. The molecule has 0 amide bonds. The Morgan fingerprint density at radius 1 is 0.838 bits per heavy atom. The van der Waals surface area contributed by atoms with Crippen molar-refractivity contribution in [3.05, 3.63) is 29.8 Å². The van der Waals surface area contributed by atoms with Gasteiger partial charge in [-0.2, -0.15) is 0 Å². The lowest BCUT2D eigenvalue weighted by Gasteiger charge is -2.35. The zero-order chi connectivity index (χ0) is 25.3. The van der Waals surface area contributed by atoms with Gasteiger partial charge in [0.05, 0.1) is 19.8 Å². The van der Waals surface area contributed by atoms with E-state index < -0.39 is 17.9 Å². The first-order chi connectivity index (χ1) is 18.0. The van der Waals surface area contributed by atoms with Crippen molar-refractivity contribution in [2.24, 2.45) is 5.92 Å². The molecule has 37 heavy (non-hydrogen) atoms. The molecule has 3 aliphatic heterocycles. The average Bonchev–Trinajstić information content (AvgIpc) is 3.55. The molecule has 0 radical (unpaired) electrons. The normalized spacial score (nSPS) is 34.4. The van der Waals surface area contributed by atoms with E-state index in [0.717, 1.165) is 75.7 Å². The highest BCUT2D eigenvalue weighted by molar-refractivity contribution is 5.27. The third kappa shape index (κ3) is 5.73. The fraction of sp³-hybridized carbons (Fsp3) is 0.800. The molecule has 1 aromatic carbocycles. The first kappa shape index (κ1) is 26.0. The van der Waals surface area contributed by atoms with E-state index in [1.165, 1.54) is 12.8 Å². The molecule has 0 N–H and O–H groups in total. The maximum absolute atomic E-state index is 6.64. The van der Waals surface area contributed by atoms with E-state index >= 15 is 0 Å². The Morgan fingerprint density at radius 3 is 2.24 bits per heavy atom. The second kappa shape index (κ2) is 11.1. The molecule has 3 heterocycles. The SMILES string of the molecule is CC(C)CCOc1ccc(CO[C@H]2[C@@H]3OC4(CCCCC4)O[C@H]3O[C@H]2[C@@H]2COC3(CCCCC3)O2)cc1. The van der Waals surface area contributed by atoms with Gasteiger partial charge in [0.2, 0.25) is 0 Å². The fourth-order valence-corrected chi connectivity index (χ4v) is 6.55. The van der Waals surface area contributed by atoms with Crippen LogP contribution in [-0.2, 0) is 35.0 Å². The molecule has 6 rings (SSSR count). The Bertz CT molecular complexity index is 874. The topological polar surface area (TPSA) is 64.6 Å². The summed E-state index contributed by atoms with van der Waals surface area (Å²) in [7, 11) is 0. The molecule has 206 valence electrons. The summed E-state index contributed by atoms with van der Waals surface area (Å²) < 4.78 is 44.9. The van der Waals surface area contributed by atoms with Crippen LogP contribution in [0.3, 0.4) is 0 Å². The van der Waals surface area contributed by atoms with Crippen LogP contribution in [-0.4, -0.2) is 55.5 Å². The smallest absolute Gasteiger partial charge is 0.190 e. The Morgan fingerprint density at radius 2 is 1.54 bits per heavy atom. The van der Waals surface area contributed by atoms with Crippen molar-refractivity contribution in [2.45, 2.75) is 133 Å². The summed E-state index contributed by atoms with van der Waals surface area (Å²) in [6.45, 7) is 6.15. The third-order valence-electron chi connectivity index (χ3n) is 8.69. The molecule has 5 atom stereocenters. The zero-order valence-corrected chi connectivity index (χ0v) is 22.5. The van der Waals surface area contributed by atoms with Crippen molar-refractivity contribution in [1.82, 2.24) is 0 Å². The van der Waals surface area contributed by atoms with Crippen LogP contribution in [0, 0.1) is 5.92 Å². The van der Waals surface area contributed by atoms with Crippen LogP contribution in [0.15, 0.2) is 24.3 Å². The molecule has 7 nitrogen and oxygen atoms in total. The predicted octanol–water partition coefficient (Wildman–Crippen LogP) is 5.87. The molecular weight excluding hydrogens is 472 g/mol. The van der Waals surface area contributed by atoms with E-state index in [1.807, 2.05) is 12.1 Å². The van der Waals surface area contributed by atoms with Gasteiger partial charge in [-0.1, -0.05) is 38.8 Å². The summed E-state index contributed by atoms with van der Waals surface area (Å²) >= 11 is 0. The van der Waals surface area contributed by atoms with E-state index in [1.54, 1.807) is 0 Å². The van der Waals surface area contributed by atoms with Gasteiger partial charge >= 0.3 is 0 Å². The molecule has 0 bridgehead atoms. The van der Waals surface area contributed by atoms with Gasteiger partial charge in [-0.05, 0) is 55.7 Å². The van der Waals surface area contributed by atoms with E-state index in [2.05, 4.69) is 26.0 Å². The zero-order valence-electron chi connectivity index (χ0n) is 22.5. The standard InChI is InChI=1S/C30H44O7/c1-21(2)13-18-31-23-11-9-22(10-12-23)19-32-26-25(24-20-33-29(35-24)14-5-3-6-15-29)34-28-27(26)36-30(37-28)16-7-4-8-17-30/h9-12,21,24-28H,3-8,13-20H2,1-2H3/t24-,25-,26+,27-,28+/m0/s1. The highest BCUT2D eigenvalue weighted by Gasteiger charge is 2.61. The minimum absolute atomic E-state index is 0.181. The Hall–Kier alpha value is -1.22. The van der Waals surface area contributed by atoms with Crippen LogP contribution in [0.1, 0.15) is 90.0 Å². The van der Waals surface area contributed by atoms with Crippen molar-refractivity contribution in [3.63, 3.8) is 0 Å². The summed E-state index contributed by atoms with van der Waals surface area (Å²) in [6, 6.07) is 8.20. The van der Waals surface area contributed by atoms with Gasteiger partial charge in [0, 0.05) is 25.7 Å². The average molecular weight is 517 g/mol. The maximum Gasteiger partial charge on any atom is 0.190 e. The third-order valence-corrected chi connectivity index (χ3v) is 8.69. The first-order valence-electron chi connectivity index (χ1n) is 14.7. The fourth-order valence-electron chi connectivity index (χ4n) is 6.55. The molecular formula is C30H44O7. The molecule has 3 saturated heterocycles. The molecule has 5 fully saturated rings. The molecule has 0 unspecified atom stereocenters. The molecule has 0 aromatic heterocycles. The van der Waals surface area contributed by atoms with Crippen molar-refractivity contribution in [3.8, 4) is 5.75 Å². The molecule has 5 aliphatic rings. The minimum atomic E-state index is -0.521. The summed E-state index contributed by atoms with van der Waals surface area (Å²) in [5.74, 6) is 0.557. The quantitative estimate of drug-likeness (QED) is 0.428. The molecule has 7 heteroatoms. The Labute approximate surface area is 221 Å². The van der Waals surface area contributed by atoms with E-state index in [-0.39, 0.29) is 24.4 Å². The number of hydrogen-bond acceptors (Lipinski definition) is 7. The minimum Gasteiger partial charge on any atom is -0.494 e. The number of benzene rings is 1. The second-order valence-corrected chi connectivity index (χ2v) is 12.0. The molecule has 2 saturated carbocycles. The van der Waals surface area contributed by atoms with Crippen LogP contribution in [0.2, 0.25) is 0 Å². The van der Waals surface area contributed by atoms with Gasteiger partial charge in [0.15, 0.2) is 17.9 Å².